The van der Waals surface area contributed by atoms with Crippen LogP contribution in [0.15, 0.2) is 24.3 Å². The van der Waals surface area contributed by atoms with Gasteiger partial charge in [0.1, 0.15) is 0 Å². The predicted octanol–water partition coefficient (Wildman–Crippen LogP) is 2.69. The molecule has 1 aliphatic rings. The van der Waals surface area contributed by atoms with Crippen molar-refractivity contribution in [1.82, 2.24) is 10.2 Å². The number of nitrogens with one attached hydrogen (secondary N) is 1. The Morgan fingerprint density at radius 1 is 1.24 bits per heavy atom. The molecule has 2 amide bonds. The molecular weight excluding hydrogens is 264 g/mol. The van der Waals surface area contributed by atoms with Gasteiger partial charge in [-0.25, -0.2) is 4.79 Å². The summed E-state index contributed by atoms with van der Waals surface area (Å²) in [6.07, 6.45) is 3.99. The zero-order valence-electron chi connectivity index (χ0n) is 13.0. The Balaban J connectivity index is 1.78. The van der Waals surface area contributed by atoms with Crippen molar-refractivity contribution in [3.63, 3.8) is 0 Å². The first-order valence-electron chi connectivity index (χ1n) is 7.77. The summed E-state index contributed by atoms with van der Waals surface area (Å²) in [6, 6.07) is 8.49. The summed E-state index contributed by atoms with van der Waals surface area (Å²) in [7, 11) is 1.87. The van der Waals surface area contributed by atoms with Crippen molar-refractivity contribution >= 4 is 6.03 Å². The van der Waals surface area contributed by atoms with E-state index in [1.807, 2.05) is 24.1 Å². The highest BCUT2D eigenvalue weighted by Crippen LogP contribution is 2.26. The fourth-order valence-corrected chi connectivity index (χ4v) is 2.89. The number of aliphatic hydroxyl groups excluding tert-OH is 1. The molecule has 0 bridgehead atoms. The van der Waals surface area contributed by atoms with Crippen molar-refractivity contribution in [2.24, 2.45) is 5.92 Å². The van der Waals surface area contributed by atoms with Gasteiger partial charge < -0.3 is 15.3 Å². The molecule has 1 aromatic rings. The molecule has 1 aromatic carbocycles. The monoisotopic (exact) mass is 290 g/mol. The zero-order chi connectivity index (χ0) is 15.2. The molecule has 2 rings (SSSR count). The van der Waals surface area contributed by atoms with Gasteiger partial charge in [0.25, 0.3) is 0 Å². The van der Waals surface area contributed by atoms with Crippen molar-refractivity contribution in [3.8, 4) is 0 Å². The number of amides is 2. The van der Waals surface area contributed by atoms with E-state index in [0.717, 1.165) is 31.2 Å². The van der Waals surface area contributed by atoms with Crippen molar-refractivity contribution < 1.29 is 9.90 Å². The summed E-state index contributed by atoms with van der Waals surface area (Å²) in [5.41, 5.74) is 2.34. The van der Waals surface area contributed by atoms with Crippen LogP contribution in [0.5, 0.6) is 0 Å². The Kier molecular flexibility index (Phi) is 5.62. The van der Waals surface area contributed by atoms with E-state index in [4.69, 9.17) is 5.11 Å². The summed E-state index contributed by atoms with van der Waals surface area (Å²) >= 11 is 0. The molecule has 0 saturated heterocycles. The molecule has 0 heterocycles. The smallest absolute Gasteiger partial charge is 0.317 e. The third-order valence-electron chi connectivity index (χ3n) is 4.51. The third-order valence-corrected chi connectivity index (χ3v) is 4.51. The van der Waals surface area contributed by atoms with E-state index in [-0.39, 0.29) is 12.6 Å². The van der Waals surface area contributed by atoms with E-state index < -0.39 is 0 Å². The fraction of sp³-hybridized carbons (Fsp3) is 0.588. The zero-order valence-corrected chi connectivity index (χ0v) is 13.0. The van der Waals surface area contributed by atoms with Gasteiger partial charge in [-0.2, -0.15) is 0 Å². The lowest BCUT2D eigenvalue weighted by molar-refractivity contribution is 0.134. The van der Waals surface area contributed by atoms with Gasteiger partial charge in [-0.1, -0.05) is 29.8 Å². The van der Waals surface area contributed by atoms with E-state index in [2.05, 4.69) is 24.4 Å². The second kappa shape index (κ2) is 7.46. The molecule has 21 heavy (non-hydrogen) atoms. The lowest BCUT2D eigenvalue weighted by Gasteiger charge is -2.34. The number of aryl methyl sites for hydroxylation is 1. The van der Waals surface area contributed by atoms with Gasteiger partial charge in [-0.3, -0.25) is 0 Å². The van der Waals surface area contributed by atoms with E-state index >= 15 is 0 Å². The van der Waals surface area contributed by atoms with Crippen LogP contribution in [0.1, 0.15) is 36.8 Å². The van der Waals surface area contributed by atoms with Gasteiger partial charge in [0, 0.05) is 26.2 Å². The summed E-state index contributed by atoms with van der Waals surface area (Å²) in [6.45, 7) is 2.89. The molecule has 0 aliphatic heterocycles. The Bertz CT molecular complexity index is 450. The maximum atomic E-state index is 12.2. The van der Waals surface area contributed by atoms with Gasteiger partial charge >= 0.3 is 6.03 Å². The van der Waals surface area contributed by atoms with Gasteiger partial charge in [-0.15, -0.1) is 0 Å². The van der Waals surface area contributed by atoms with Crippen molar-refractivity contribution in [1.29, 1.82) is 0 Å². The normalized spacial score (nSPS) is 21.9. The molecule has 1 fully saturated rings. The van der Waals surface area contributed by atoms with Gasteiger partial charge in [0.2, 0.25) is 0 Å². The summed E-state index contributed by atoms with van der Waals surface area (Å²) < 4.78 is 0. The molecule has 0 unspecified atom stereocenters. The van der Waals surface area contributed by atoms with Crippen LogP contribution >= 0.6 is 0 Å². The second-order valence-corrected chi connectivity index (χ2v) is 6.11. The highest BCUT2D eigenvalue weighted by Gasteiger charge is 2.25. The van der Waals surface area contributed by atoms with Crippen LogP contribution in [0.25, 0.3) is 0 Å². The fourth-order valence-electron chi connectivity index (χ4n) is 2.89. The molecule has 1 aliphatic carbocycles. The average Bonchev–Trinajstić information content (AvgIpc) is 2.53. The number of carbonyl (C=O) groups excluding carboxylic acids is 1. The standard InChI is InChI=1S/C17H26N2O2/c1-13-3-5-14(6-4-13)11-18-17(21)19(2)16-9-7-15(12-20)8-10-16/h3-6,15-16,20H,7-12H2,1-2H3,(H,18,21). The molecule has 0 radical (unpaired) electrons. The van der Waals surface area contributed by atoms with Crippen LogP contribution in [-0.4, -0.2) is 35.7 Å². The number of aliphatic hydroxyl groups is 1. The lowest BCUT2D eigenvalue weighted by atomic mass is 9.86. The van der Waals surface area contributed by atoms with Crippen molar-refractivity contribution in [2.45, 2.75) is 45.2 Å². The number of hydrogen-bond donors (Lipinski definition) is 2. The predicted molar refractivity (Wildman–Crippen MR) is 84.0 cm³/mol. The Hall–Kier alpha value is -1.55. The molecule has 116 valence electrons. The summed E-state index contributed by atoms with van der Waals surface area (Å²) in [5, 5.41) is 12.1. The lowest BCUT2D eigenvalue weighted by Crippen LogP contribution is -2.45. The maximum Gasteiger partial charge on any atom is 0.317 e. The van der Waals surface area contributed by atoms with E-state index in [9.17, 15) is 4.79 Å². The number of rotatable bonds is 4. The molecule has 0 atom stereocenters. The quantitative estimate of drug-likeness (QED) is 0.896. The van der Waals surface area contributed by atoms with Crippen LogP contribution in [-0.2, 0) is 6.54 Å². The summed E-state index contributed by atoms with van der Waals surface area (Å²) in [5.74, 6) is 0.422. The Labute approximate surface area is 127 Å². The number of hydrogen-bond acceptors (Lipinski definition) is 2. The number of urea groups is 1. The Morgan fingerprint density at radius 3 is 2.43 bits per heavy atom. The number of carbonyl (C=O) groups is 1. The highest BCUT2D eigenvalue weighted by molar-refractivity contribution is 5.74. The molecule has 4 heteroatoms. The van der Waals surface area contributed by atoms with Crippen LogP contribution in [0.3, 0.4) is 0 Å². The largest absolute Gasteiger partial charge is 0.396 e. The van der Waals surface area contributed by atoms with Crippen LogP contribution < -0.4 is 5.32 Å². The van der Waals surface area contributed by atoms with Gasteiger partial charge in [0.15, 0.2) is 0 Å². The minimum absolute atomic E-state index is 0.0111. The second-order valence-electron chi connectivity index (χ2n) is 6.11. The molecule has 0 spiro atoms. The first kappa shape index (κ1) is 15.8. The van der Waals surface area contributed by atoms with Crippen LogP contribution in [0.4, 0.5) is 4.79 Å². The maximum absolute atomic E-state index is 12.2. The van der Waals surface area contributed by atoms with E-state index in [0.29, 0.717) is 18.5 Å². The average molecular weight is 290 g/mol. The molecule has 2 N–H and O–H groups in total. The number of benzene rings is 1. The minimum Gasteiger partial charge on any atom is -0.396 e. The van der Waals surface area contributed by atoms with Crippen molar-refractivity contribution in [2.75, 3.05) is 13.7 Å². The molecule has 1 saturated carbocycles. The van der Waals surface area contributed by atoms with E-state index in [1.165, 1.54) is 5.56 Å². The molecular formula is C17H26N2O2. The van der Waals surface area contributed by atoms with Gasteiger partial charge in [-0.05, 0) is 44.1 Å². The summed E-state index contributed by atoms with van der Waals surface area (Å²) in [4.78, 5) is 14.0. The van der Waals surface area contributed by atoms with Crippen LogP contribution in [0, 0.1) is 12.8 Å². The highest BCUT2D eigenvalue weighted by atomic mass is 16.3. The third kappa shape index (κ3) is 4.46. The number of nitrogens with zero attached hydrogens (tertiary/aromatic N) is 1. The van der Waals surface area contributed by atoms with Crippen LogP contribution in [0.2, 0.25) is 0 Å². The van der Waals surface area contributed by atoms with E-state index in [1.54, 1.807) is 0 Å². The first-order chi connectivity index (χ1) is 10.1. The first-order valence-corrected chi connectivity index (χ1v) is 7.77. The molecule has 4 nitrogen and oxygen atoms in total. The van der Waals surface area contributed by atoms with Crippen molar-refractivity contribution in [3.05, 3.63) is 35.4 Å². The topological polar surface area (TPSA) is 52.6 Å². The Morgan fingerprint density at radius 2 is 1.86 bits per heavy atom. The minimum atomic E-state index is -0.0111. The van der Waals surface area contributed by atoms with Gasteiger partial charge in [0.05, 0.1) is 0 Å². The SMILES string of the molecule is Cc1ccc(CNC(=O)N(C)C2CCC(CO)CC2)cc1. The molecule has 0 aromatic heterocycles.